The number of nitrogens with zero attached hydrogens (tertiary/aromatic N) is 1. The molecule has 2 saturated heterocycles. The molecule has 0 aromatic rings. The van der Waals surface area contributed by atoms with Crippen LogP contribution in [0.15, 0.2) is 0 Å². The van der Waals surface area contributed by atoms with Crippen LogP contribution in [0, 0.1) is 0 Å². The van der Waals surface area contributed by atoms with Crippen molar-refractivity contribution in [3.8, 4) is 0 Å². The van der Waals surface area contributed by atoms with E-state index >= 15 is 0 Å². The fourth-order valence-corrected chi connectivity index (χ4v) is 4.94. The monoisotopic (exact) mass is 467 g/mol. The second kappa shape index (κ2) is 12.3. The molecular formula is C22H37N5O6. The highest BCUT2D eigenvalue weighted by Crippen LogP contribution is 2.31. The van der Waals surface area contributed by atoms with E-state index < -0.39 is 29.3 Å². The van der Waals surface area contributed by atoms with Gasteiger partial charge >= 0.3 is 0 Å². The van der Waals surface area contributed by atoms with Crippen LogP contribution < -0.4 is 21.7 Å². The maximum Gasteiger partial charge on any atom is 0.246 e. The summed E-state index contributed by atoms with van der Waals surface area (Å²) >= 11 is 0. The molecule has 1 spiro atoms. The Bertz CT molecular complexity index is 703. The second-order valence-electron chi connectivity index (χ2n) is 9.22. The Balaban J connectivity index is 1.69. The van der Waals surface area contributed by atoms with Gasteiger partial charge in [-0.1, -0.05) is 12.8 Å². The van der Waals surface area contributed by atoms with Crippen molar-refractivity contribution in [3.63, 3.8) is 0 Å². The van der Waals surface area contributed by atoms with Gasteiger partial charge in [-0.05, 0) is 25.7 Å². The van der Waals surface area contributed by atoms with Gasteiger partial charge in [-0.15, -0.1) is 0 Å². The smallest absolute Gasteiger partial charge is 0.246 e. The van der Waals surface area contributed by atoms with Crippen molar-refractivity contribution in [2.24, 2.45) is 5.73 Å². The third-order valence-electron chi connectivity index (χ3n) is 6.74. The Morgan fingerprint density at radius 1 is 0.970 bits per heavy atom. The van der Waals surface area contributed by atoms with E-state index in [0.29, 0.717) is 18.9 Å². The van der Waals surface area contributed by atoms with Crippen molar-refractivity contribution in [1.29, 1.82) is 0 Å². The number of rotatable bonds is 2. The highest BCUT2D eigenvalue weighted by Gasteiger charge is 2.40. The number of nitrogens with two attached hydrogens (primary N) is 1. The average molecular weight is 468 g/mol. The van der Waals surface area contributed by atoms with Crippen molar-refractivity contribution in [3.05, 3.63) is 0 Å². The fourth-order valence-electron chi connectivity index (χ4n) is 4.94. The van der Waals surface area contributed by atoms with Gasteiger partial charge in [0.2, 0.25) is 23.6 Å². The lowest BCUT2D eigenvalue weighted by molar-refractivity contribution is -0.132. The molecule has 11 heteroatoms. The first-order valence-corrected chi connectivity index (χ1v) is 11.9. The number of carbonyl (C=O) groups is 4. The number of amides is 4. The molecule has 0 bridgehead atoms. The first-order valence-electron chi connectivity index (χ1n) is 11.9. The predicted molar refractivity (Wildman–Crippen MR) is 119 cm³/mol. The van der Waals surface area contributed by atoms with E-state index in [1.165, 1.54) is 25.7 Å². The van der Waals surface area contributed by atoms with Gasteiger partial charge < -0.3 is 36.1 Å². The van der Waals surface area contributed by atoms with Gasteiger partial charge in [0.05, 0.1) is 31.8 Å². The van der Waals surface area contributed by atoms with Crippen LogP contribution in [0.1, 0.15) is 51.4 Å². The summed E-state index contributed by atoms with van der Waals surface area (Å²) in [6, 6.07) is -0.549. The van der Waals surface area contributed by atoms with Crippen LogP contribution >= 0.6 is 0 Å². The molecule has 1 atom stereocenters. The van der Waals surface area contributed by atoms with E-state index in [9.17, 15) is 19.2 Å². The molecule has 3 aliphatic rings. The number of piperidine rings is 1. The van der Waals surface area contributed by atoms with E-state index in [-0.39, 0.29) is 51.7 Å². The summed E-state index contributed by atoms with van der Waals surface area (Å²) in [5.41, 5.74) is 4.68. The molecule has 33 heavy (non-hydrogen) atoms. The van der Waals surface area contributed by atoms with Gasteiger partial charge in [-0.25, -0.2) is 0 Å². The molecule has 3 fully saturated rings. The van der Waals surface area contributed by atoms with Crippen LogP contribution in [0.5, 0.6) is 0 Å². The van der Waals surface area contributed by atoms with Crippen LogP contribution in [-0.4, -0.2) is 92.2 Å². The molecule has 5 N–H and O–H groups in total. The van der Waals surface area contributed by atoms with Gasteiger partial charge in [-0.2, -0.15) is 0 Å². The first kappa shape index (κ1) is 25.4. The minimum atomic E-state index is -1.12. The summed E-state index contributed by atoms with van der Waals surface area (Å²) in [5.74, 6) is -1.90. The predicted octanol–water partition coefficient (Wildman–Crippen LogP) is -1.21. The lowest BCUT2D eigenvalue weighted by Crippen LogP contribution is -2.59. The number of likely N-dealkylation sites (tertiary alicyclic amines) is 1. The summed E-state index contributed by atoms with van der Waals surface area (Å²) in [6.07, 6.45) is 5.87. The first-order chi connectivity index (χ1) is 15.9. The third kappa shape index (κ3) is 7.94. The van der Waals surface area contributed by atoms with Crippen molar-refractivity contribution in [2.45, 2.75) is 69.0 Å². The highest BCUT2D eigenvalue weighted by molar-refractivity contribution is 5.91. The van der Waals surface area contributed by atoms with Crippen LogP contribution in [0.2, 0.25) is 0 Å². The molecular weight excluding hydrogens is 430 g/mol. The maximum absolute atomic E-state index is 12.9. The standard InChI is InChI=1S/C22H37N5O6/c23-21(31)17-13-18(28)24-7-10-32-11-12-33-15-20(30)26-22(14-19(29)25-17)5-8-27(9-6-22)16-3-1-2-4-16/h16-17H,1-15H2,(H2,23,31)(H,24,28)(H,25,29)(H,26,30)/t17-/m0/s1. The van der Waals surface area contributed by atoms with Crippen molar-refractivity contribution >= 4 is 23.6 Å². The minimum absolute atomic E-state index is 0.00571. The van der Waals surface area contributed by atoms with Gasteiger partial charge in [0.1, 0.15) is 12.6 Å². The molecule has 0 aromatic heterocycles. The van der Waals surface area contributed by atoms with Crippen molar-refractivity contribution < 1.29 is 28.7 Å². The van der Waals surface area contributed by atoms with E-state index in [1.54, 1.807) is 0 Å². The molecule has 3 rings (SSSR count). The molecule has 2 aliphatic heterocycles. The molecule has 1 aliphatic carbocycles. The molecule has 0 radical (unpaired) electrons. The summed E-state index contributed by atoms with van der Waals surface area (Å²) in [4.78, 5) is 52.0. The summed E-state index contributed by atoms with van der Waals surface area (Å²) in [7, 11) is 0. The maximum atomic E-state index is 12.9. The fraction of sp³-hybridized carbons (Fsp3) is 0.818. The molecule has 0 aromatic carbocycles. The Labute approximate surface area is 194 Å². The summed E-state index contributed by atoms with van der Waals surface area (Å²) in [6.45, 7) is 2.49. The van der Waals surface area contributed by atoms with Crippen LogP contribution in [0.25, 0.3) is 0 Å². The third-order valence-corrected chi connectivity index (χ3v) is 6.74. The number of primary amides is 1. The molecule has 4 amide bonds. The van der Waals surface area contributed by atoms with E-state index in [2.05, 4.69) is 20.9 Å². The minimum Gasteiger partial charge on any atom is -0.377 e. The zero-order valence-corrected chi connectivity index (χ0v) is 19.2. The Kier molecular flexibility index (Phi) is 9.45. The molecule has 0 unspecified atom stereocenters. The Hall–Kier alpha value is -2.24. The SMILES string of the molecule is NC(=O)[C@@H]1CC(=O)NCCOCCOCC(=O)NC2(CCN(C3CCCC3)CC2)CC(=O)N1. The van der Waals surface area contributed by atoms with E-state index in [0.717, 1.165) is 13.1 Å². The Morgan fingerprint density at radius 2 is 1.67 bits per heavy atom. The molecule has 2 heterocycles. The second-order valence-corrected chi connectivity index (χ2v) is 9.22. The lowest BCUT2D eigenvalue weighted by atomic mass is 9.83. The topological polar surface area (TPSA) is 152 Å². The van der Waals surface area contributed by atoms with Gasteiger partial charge in [0, 0.05) is 32.1 Å². The largest absolute Gasteiger partial charge is 0.377 e. The quantitative estimate of drug-likeness (QED) is 0.398. The summed E-state index contributed by atoms with van der Waals surface area (Å²) < 4.78 is 10.8. The number of ether oxygens (including phenoxy) is 2. The zero-order chi connectivity index (χ0) is 23.7. The number of carbonyl (C=O) groups excluding carboxylic acids is 4. The number of hydrogen-bond donors (Lipinski definition) is 4. The van der Waals surface area contributed by atoms with Gasteiger partial charge in [-0.3, -0.25) is 19.2 Å². The normalized spacial score (nSPS) is 27.4. The lowest BCUT2D eigenvalue weighted by Gasteiger charge is -2.44. The molecule has 186 valence electrons. The zero-order valence-electron chi connectivity index (χ0n) is 19.2. The van der Waals surface area contributed by atoms with Crippen LogP contribution in [0.3, 0.4) is 0 Å². The van der Waals surface area contributed by atoms with E-state index in [4.69, 9.17) is 15.2 Å². The number of hydrogen-bond acceptors (Lipinski definition) is 7. The molecule has 1 saturated carbocycles. The van der Waals surface area contributed by atoms with Crippen LogP contribution in [0.4, 0.5) is 0 Å². The highest BCUT2D eigenvalue weighted by atomic mass is 16.5. The van der Waals surface area contributed by atoms with Crippen molar-refractivity contribution in [1.82, 2.24) is 20.9 Å². The van der Waals surface area contributed by atoms with Crippen molar-refractivity contribution in [2.75, 3.05) is 46.1 Å². The summed E-state index contributed by atoms with van der Waals surface area (Å²) in [5, 5.41) is 8.26. The number of nitrogens with one attached hydrogen (secondary N) is 3. The van der Waals surface area contributed by atoms with E-state index in [1.807, 2.05) is 0 Å². The van der Waals surface area contributed by atoms with Crippen LogP contribution in [-0.2, 0) is 28.7 Å². The molecule has 11 nitrogen and oxygen atoms in total. The Morgan fingerprint density at radius 3 is 2.36 bits per heavy atom. The van der Waals surface area contributed by atoms with Gasteiger partial charge in [0.15, 0.2) is 0 Å². The average Bonchev–Trinajstić information content (AvgIpc) is 3.29. The van der Waals surface area contributed by atoms with Gasteiger partial charge in [0.25, 0.3) is 0 Å².